The predicted octanol–water partition coefficient (Wildman–Crippen LogP) is 4.63. The Morgan fingerprint density at radius 1 is 0.955 bits per heavy atom. The van der Waals surface area contributed by atoms with Crippen molar-refractivity contribution in [2.24, 2.45) is 5.92 Å². The standard InChI is InChI=1S/C19H22ClNO/c20-18-6-8-19(9-7-18)22-15-17-10-12-21(13-11-17)14-16-4-2-1-3-5-16/h1-9,17H,10-15H2. The van der Waals surface area contributed by atoms with Gasteiger partial charge in [0.15, 0.2) is 0 Å². The molecule has 0 spiro atoms. The van der Waals surface area contributed by atoms with Crippen LogP contribution in [0.5, 0.6) is 5.75 Å². The molecule has 1 fully saturated rings. The van der Waals surface area contributed by atoms with E-state index in [4.69, 9.17) is 16.3 Å². The molecule has 0 saturated carbocycles. The summed E-state index contributed by atoms with van der Waals surface area (Å²) in [6, 6.07) is 18.3. The average molecular weight is 316 g/mol. The fourth-order valence-electron chi connectivity index (χ4n) is 2.90. The molecule has 0 aliphatic carbocycles. The van der Waals surface area contributed by atoms with E-state index in [-0.39, 0.29) is 0 Å². The second-order valence-corrected chi connectivity index (χ2v) is 6.41. The van der Waals surface area contributed by atoms with Crippen molar-refractivity contribution in [1.29, 1.82) is 0 Å². The maximum absolute atomic E-state index is 5.88. The van der Waals surface area contributed by atoms with Crippen molar-refractivity contribution < 1.29 is 4.74 Å². The summed E-state index contributed by atoms with van der Waals surface area (Å²) >= 11 is 5.88. The molecular weight excluding hydrogens is 294 g/mol. The lowest BCUT2D eigenvalue weighted by Crippen LogP contribution is -2.35. The van der Waals surface area contributed by atoms with Crippen LogP contribution in [0.2, 0.25) is 5.02 Å². The van der Waals surface area contributed by atoms with Crippen molar-refractivity contribution in [3.05, 3.63) is 65.2 Å². The maximum Gasteiger partial charge on any atom is 0.119 e. The van der Waals surface area contributed by atoms with Gasteiger partial charge in [-0.15, -0.1) is 0 Å². The molecule has 0 N–H and O–H groups in total. The van der Waals surface area contributed by atoms with Crippen molar-refractivity contribution in [2.45, 2.75) is 19.4 Å². The SMILES string of the molecule is Clc1ccc(OCC2CCN(Cc3ccccc3)CC2)cc1. The van der Waals surface area contributed by atoms with Gasteiger partial charge in [0.1, 0.15) is 5.75 Å². The molecule has 3 rings (SSSR count). The lowest BCUT2D eigenvalue weighted by Gasteiger charge is -2.31. The molecule has 0 unspecified atom stereocenters. The smallest absolute Gasteiger partial charge is 0.119 e. The summed E-state index contributed by atoms with van der Waals surface area (Å²) in [5.41, 5.74) is 1.40. The van der Waals surface area contributed by atoms with Crippen molar-refractivity contribution in [1.82, 2.24) is 4.90 Å². The van der Waals surface area contributed by atoms with Crippen LogP contribution in [-0.4, -0.2) is 24.6 Å². The molecule has 0 radical (unpaired) electrons. The number of nitrogens with zero attached hydrogens (tertiary/aromatic N) is 1. The maximum atomic E-state index is 5.88. The van der Waals surface area contributed by atoms with Gasteiger partial charge in [0.25, 0.3) is 0 Å². The minimum absolute atomic E-state index is 0.655. The minimum Gasteiger partial charge on any atom is -0.493 e. The summed E-state index contributed by atoms with van der Waals surface area (Å²) in [7, 11) is 0. The van der Waals surface area contributed by atoms with Gasteiger partial charge in [0.2, 0.25) is 0 Å². The van der Waals surface area contributed by atoms with Gasteiger partial charge < -0.3 is 4.74 Å². The van der Waals surface area contributed by atoms with E-state index in [9.17, 15) is 0 Å². The highest BCUT2D eigenvalue weighted by molar-refractivity contribution is 6.30. The van der Waals surface area contributed by atoms with Crippen LogP contribution in [0.3, 0.4) is 0 Å². The molecule has 3 heteroatoms. The first-order valence-corrected chi connectivity index (χ1v) is 8.32. The van der Waals surface area contributed by atoms with Crippen LogP contribution in [-0.2, 0) is 6.54 Å². The lowest BCUT2D eigenvalue weighted by molar-refractivity contribution is 0.137. The topological polar surface area (TPSA) is 12.5 Å². The molecular formula is C19H22ClNO. The first-order chi connectivity index (χ1) is 10.8. The first kappa shape index (κ1) is 15.4. The second kappa shape index (κ2) is 7.66. The Bertz CT molecular complexity index is 562. The summed E-state index contributed by atoms with van der Waals surface area (Å²) in [5.74, 6) is 1.57. The number of halogens is 1. The molecule has 0 atom stereocenters. The lowest BCUT2D eigenvalue weighted by atomic mass is 9.97. The Labute approximate surface area is 137 Å². The molecule has 1 saturated heterocycles. The third-order valence-electron chi connectivity index (χ3n) is 4.26. The molecule has 0 aromatic heterocycles. The number of ether oxygens (including phenoxy) is 1. The zero-order valence-corrected chi connectivity index (χ0v) is 13.5. The van der Waals surface area contributed by atoms with Crippen LogP contribution in [0, 0.1) is 5.92 Å². The minimum atomic E-state index is 0.655. The fourth-order valence-corrected chi connectivity index (χ4v) is 3.02. The fraction of sp³-hybridized carbons (Fsp3) is 0.368. The zero-order valence-electron chi connectivity index (χ0n) is 12.7. The monoisotopic (exact) mass is 315 g/mol. The Kier molecular flexibility index (Phi) is 5.36. The average Bonchev–Trinajstić information content (AvgIpc) is 2.57. The molecule has 1 aliphatic heterocycles. The highest BCUT2D eigenvalue weighted by atomic mass is 35.5. The zero-order chi connectivity index (χ0) is 15.2. The molecule has 22 heavy (non-hydrogen) atoms. The van der Waals surface area contributed by atoms with Crippen molar-refractivity contribution in [3.8, 4) is 5.75 Å². The van der Waals surface area contributed by atoms with Gasteiger partial charge in [-0.2, -0.15) is 0 Å². The molecule has 116 valence electrons. The van der Waals surface area contributed by atoms with Crippen LogP contribution >= 0.6 is 11.6 Å². The van der Waals surface area contributed by atoms with Gasteiger partial charge in [0.05, 0.1) is 6.61 Å². The first-order valence-electron chi connectivity index (χ1n) is 7.94. The van der Waals surface area contributed by atoms with E-state index in [2.05, 4.69) is 35.2 Å². The Morgan fingerprint density at radius 2 is 1.64 bits per heavy atom. The Morgan fingerprint density at radius 3 is 2.32 bits per heavy atom. The van der Waals surface area contributed by atoms with E-state index in [0.717, 1.165) is 37.0 Å². The summed E-state index contributed by atoms with van der Waals surface area (Å²) in [6.45, 7) is 4.18. The predicted molar refractivity (Wildman–Crippen MR) is 91.4 cm³/mol. The number of likely N-dealkylation sites (tertiary alicyclic amines) is 1. The van der Waals surface area contributed by atoms with Crippen LogP contribution in [0.1, 0.15) is 18.4 Å². The van der Waals surface area contributed by atoms with Gasteiger partial charge in [-0.25, -0.2) is 0 Å². The van der Waals surface area contributed by atoms with Crippen LogP contribution in [0.4, 0.5) is 0 Å². The van der Waals surface area contributed by atoms with Crippen molar-refractivity contribution in [2.75, 3.05) is 19.7 Å². The number of rotatable bonds is 5. The summed E-state index contributed by atoms with van der Waals surface area (Å²) in [4.78, 5) is 2.54. The van der Waals surface area contributed by atoms with Gasteiger partial charge in [-0.1, -0.05) is 41.9 Å². The third kappa shape index (κ3) is 4.49. The summed E-state index contributed by atoms with van der Waals surface area (Å²) in [6.07, 6.45) is 2.42. The van der Waals surface area contributed by atoms with E-state index in [0.29, 0.717) is 5.92 Å². The number of piperidine rings is 1. The van der Waals surface area contributed by atoms with Gasteiger partial charge in [-0.3, -0.25) is 4.90 Å². The molecule has 2 aromatic rings. The van der Waals surface area contributed by atoms with Gasteiger partial charge in [0, 0.05) is 11.6 Å². The molecule has 1 heterocycles. The van der Waals surface area contributed by atoms with Gasteiger partial charge in [-0.05, 0) is 61.7 Å². The van der Waals surface area contributed by atoms with E-state index < -0.39 is 0 Å². The third-order valence-corrected chi connectivity index (χ3v) is 4.51. The van der Waals surface area contributed by atoms with E-state index in [1.54, 1.807) is 0 Å². The second-order valence-electron chi connectivity index (χ2n) is 5.97. The Hall–Kier alpha value is -1.51. The number of hydrogen-bond donors (Lipinski definition) is 0. The van der Waals surface area contributed by atoms with Crippen LogP contribution in [0.25, 0.3) is 0 Å². The molecule has 0 amide bonds. The number of benzene rings is 2. The van der Waals surface area contributed by atoms with Crippen molar-refractivity contribution in [3.63, 3.8) is 0 Å². The van der Waals surface area contributed by atoms with Crippen molar-refractivity contribution >= 4 is 11.6 Å². The Balaban J connectivity index is 1.41. The normalized spacial score (nSPS) is 16.6. The van der Waals surface area contributed by atoms with Crippen LogP contribution < -0.4 is 4.74 Å². The van der Waals surface area contributed by atoms with Crippen LogP contribution in [0.15, 0.2) is 54.6 Å². The largest absolute Gasteiger partial charge is 0.493 e. The highest BCUT2D eigenvalue weighted by Crippen LogP contribution is 2.21. The molecule has 0 bridgehead atoms. The van der Waals surface area contributed by atoms with E-state index in [1.165, 1.54) is 18.4 Å². The highest BCUT2D eigenvalue weighted by Gasteiger charge is 2.19. The summed E-state index contributed by atoms with van der Waals surface area (Å²) in [5, 5.41) is 0.751. The number of hydrogen-bond acceptors (Lipinski definition) is 2. The molecule has 2 nitrogen and oxygen atoms in total. The van der Waals surface area contributed by atoms with Gasteiger partial charge >= 0.3 is 0 Å². The quantitative estimate of drug-likeness (QED) is 0.797. The van der Waals surface area contributed by atoms with E-state index in [1.807, 2.05) is 24.3 Å². The molecule has 2 aromatic carbocycles. The molecule has 1 aliphatic rings. The van der Waals surface area contributed by atoms with E-state index >= 15 is 0 Å². The summed E-state index contributed by atoms with van der Waals surface area (Å²) < 4.78 is 5.88.